The minimum absolute atomic E-state index is 0.0991. The highest BCUT2D eigenvalue weighted by molar-refractivity contribution is 5.76. The Morgan fingerprint density at radius 2 is 2.05 bits per heavy atom. The monoisotopic (exact) mass is 275 g/mol. The van der Waals surface area contributed by atoms with Crippen LogP contribution in [0.15, 0.2) is 18.2 Å². The lowest BCUT2D eigenvalue weighted by Crippen LogP contribution is -2.36. The molecule has 0 saturated heterocycles. The maximum Gasteiger partial charge on any atom is 0.125 e. The molecule has 0 unspecified atom stereocenters. The number of hydrogen-bond acceptors (Lipinski definition) is 2. The number of nitrogens with two attached hydrogens (primary N) is 1. The van der Waals surface area contributed by atoms with Crippen LogP contribution in [-0.2, 0) is 5.41 Å². The van der Waals surface area contributed by atoms with Crippen molar-refractivity contribution in [1.82, 2.24) is 9.55 Å². The lowest BCUT2D eigenvalue weighted by Gasteiger charge is -2.30. The number of fused-ring (bicyclic) bond motifs is 1. The zero-order valence-corrected chi connectivity index (χ0v) is 12.2. The molecule has 1 aromatic heterocycles. The normalized spacial score (nSPS) is 16.0. The standard InChI is InChI=1S/C16H22FN3/c1-3-16(4-2,10-18)15-19-13-8-5-11(17)9-14(13)20(15)12-6-7-12/h5,8-9,12H,3-4,6-7,10,18H2,1-2H3. The summed E-state index contributed by atoms with van der Waals surface area (Å²) < 4.78 is 15.8. The molecule has 3 nitrogen and oxygen atoms in total. The Hall–Kier alpha value is -1.42. The van der Waals surface area contributed by atoms with Gasteiger partial charge in [-0.25, -0.2) is 9.37 Å². The summed E-state index contributed by atoms with van der Waals surface area (Å²) in [6.45, 7) is 4.90. The molecule has 2 N–H and O–H groups in total. The number of nitrogens with zero attached hydrogens (tertiary/aromatic N) is 2. The van der Waals surface area contributed by atoms with Gasteiger partial charge in [-0.05, 0) is 43.9 Å². The van der Waals surface area contributed by atoms with Crippen molar-refractivity contribution in [3.63, 3.8) is 0 Å². The average Bonchev–Trinajstić information content (AvgIpc) is 3.23. The van der Waals surface area contributed by atoms with Crippen LogP contribution in [0, 0.1) is 5.82 Å². The van der Waals surface area contributed by atoms with Crippen LogP contribution in [0.4, 0.5) is 4.39 Å². The van der Waals surface area contributed by atoms with E-state index in [-0.39, 0.29) is 11.2 Å². The first kappa shape index (κ1) is 13.6. The summed E-state index contributed by atoms with van der Waals surface area (Å²) in [6, 6.07) is 5.34. The quantitative estimate of drug-likeness (QED) is 0.907. The van der Waals surface area contributed by atoms with Gasteiger partial charge in [-0.2, -0.15) is 0 Å². The van der Waals surface area contributed by atoms with Gasteiger partial charge in [-0.15, -0.1) is 0 Å². The largest absolute Gasteiger partial charge is 0.329 e. The molecule has 0 bridgehead atoms. The molecule has 0 spiro atoms. The third-order valence-corrected chi connectivity index (χ3v) is 4.78. The number of hydrogen-bond donors (Lipinski definition) is 1. The van der Waals surface area contributed by atoms with E-state index in [9.17, 15) is 4.39 Å². The summed E-state index contributed by atoms with van der Waals surface area (Å²) in [5.74, 6) is 0.852. The molecule has 1 heterocycles. The zero-order valence-electron chi connectivity index (χ0n) is 12.2. The van der Waals surface area contributed by atoms with Crippen molar-refractivity contribution in [3.8, 4) is 0 Å². The zero-order chi connectivity index (χ0) is 14.3. The first-order valence-corrected chi connectivity index (χ1v) is 7.53. The predicted molar refractivity (Wildman–Crippen MR) is 79.3 cm³/mol. The van der Waals surface area contributed by atoms with Crippen molar-refractivity contribution in [2.75, 3.05) is 6.54 Å². The number of rotatable bonds is 5. The van der Waals surface area contributed by atoms with Crippen LogP contribution in [0.2, 0.25) is 0 Å². The summed E-state index contributed by atoms with van der Waals surface area (Å²) >= 11 is 0. The minimum Gasteiger partial charge on any atom is -0.329 e. The van der Waals surface area contributed by atoms with Crippen molar-refractivity contribution in [1.29, 1.82) is 0 Å². The Bertz CT molecular complexity index is 616. The Balaban J connectivity index is 2.26. The lowest BCUT2D eigenvalue weighted by atomic mass is 9.81. The fraction of sp³-hybridized carbons (Fsp3) is 0.562. The second-order valence-corrected chi connectivity index (χ2v) is 5.86. The van der Waals surface area contributed by atoms with Crippen LogP contribution >= 0.6 is 0 Å². The highest BCUT2D eigenvalue weighted by Crippen LogP contribution is 2.43. The molecule has 1 saturated carbocycles. The number of benzene rings is 1. The van der Waals surface area contributed by atoms with Crippen molar-refractivity contribution < 1.29 is 4.39 Å². The molecule has 3 rings (SSSR count). The molecule has 0 amide bonds. The molecule has 20 heavy (non-hydrogen) atoms. The van der Waals surface area contributed by atoms with E-state index in [0.717, 1.165) is 42.5 Å². The maximum absolute atomic E-state index is 13.6. The second-order valence-electron chi connectivity index (χ2n) is 5.86. The Morgan fingerprint density at radius 3 is 2.60 bits per heavy atom. The van der Waals surface area contributed by atoms with Gasteiger partial charge in [0.05, 0.1) is 11.0 Å². The molecule has 0 atom stereocenters. The van der Waals surface area contributed by atoms with Crippen LogP contribution in [0.1, 0.15) is 51.4 Å². The van der Waals surface area contributed by atoms with Gasteiger partial charge in [-0.3, -0.25) is 0 Å². The first-order valence-electron chi connectivity index (χ1n) is 7.53. The van der Waals surface area contributed by atoms with Crippen LogP contribution in [0.3, 0.4) is 0 Å². The highest BCUT2D eigenvalue weighted by Gasteiger charge is 2.37. The third kappa shape index (κ3) is 1.94. The molecular weight excluding hydrogens is 253 g/mol. The van der Waals surface area contributed by atoms with Crippen LogP contribution in [0.5, 0.6) is 0 Å². The molecule has 1 aliphatic carbocycles. The average molecular weight is 275 g/mol. The summed E-state index contributed by atoms with van der Waals surface area (Å²) in [4.78, 5) is 4.82. The second kappa shape index (κ2) is 4.85. The summed E-state index contributed by atoms with van der Waals surface area (Å²) in [7, 11) is 0. The first-order chi connectivity index (χ1) is 9.65. The van der Waals surface area contributed by atoms with Crippen molar-refractivity contribution in [2.24, 2.45) is 5.73 Å². The molecule has 1 fully saturated rings. The van der Waals surface area contributed by atoms with Gasteiger partial charge in [0, 0.05) is 18.0 Å². The molecular formula is C16H22FN3. The van der Waals surface area contributed by atoms with Gasteiger partial charge < -0.3 is 10.3 Å². The van der Waals surface area contributed by atoms with Gasteiger partial charge in [0.2, 0.25) is 0 Å². The van der Waals surface area contributed by atoms with Crippen molar-refractivity contribution in [2.45, 2.75) is 51.0 Å². The van der Waals surface area contributed by atoms with Gasteiger partial charge in [0.1, 0.15) is 11.6 Å². The number of halogens is 1. The van der Waals surface area contributed by atoms with Crippen LogP contribution in [0.25, 0.3) is 11.0 Å². The molecule has 108 valence electrons. The molecule has 0 radical (unpaired) electrons. The fourth-order valence-electron chi connectivity index (χ4n) is 3.09. The molecule has 0 aliphatic heterocycles. The molecule has 1 aliphatic rings. The molecule has 2 aromatic rings. The SMILES string of the molecule is CCC(CC)(CN)c1nc2ccc(F)cc2n1C1CC1. The van der Waals surface area contributed by atoms with Gasteiger partial charge in [0.25, 0.3) is 0 Å². The molecule has 1 aromatic carbocycles. The van der Waals surface area contributed by atoms with E-state index in [1.165, 1.54) is 6.07 Å². The van der Waals surface area contributed by atoms with Gasteiger partial charge in [-0.1, -0.05) is 13.8 Å². The van der Waals surface area contributed by atoms with E-state index in [1.54, 1.807) is 12.1 Å². The van der Waals surface area contributed by atoms with Crippen molar-refractivity contribution >= 4 is 11.0 Å². The van der Waals surface area contributed by atoms with Crippen LogP contribution < -0.4 is 5.73 Å². The molecule has 4 heteroatoms. The van der Waals surface area contributed by atoms with Crippen LogP contribution in [-0.4, -0.2) is 16.1 Å². The number of aromatic nitrogens is 2. The summed E-state index contributed by atoms with van der Waals surface area (Å²) in [5, 5.41) is 0. The van der Waals surface area contributed by atoms with E-state index in [1.807, 2.05) is 0 Å². The summed E-state index contributed by atoms with van der Waals surface area (Å²) in [6.07, 6.45) is 4.23. The smallest absolute Gasteiger partial charge is 0.125 e. The van der Waals surface area contributed by atoms with E-state index >= 15 is 0 Å². The minimum atomic E-state index is -0.197. The lowest BCUT2D eigenvalue weighted by molar-refractivity contribution is 0.368. The topological polar surface area (TPSA) is 43.8 Å². The summed E-state index contributed by atoms with van der Waals surface area (Å²) in [5.41, 5.74) is 7.78. The van der Waals surface area contributed by atoms with E-state index in [2.05, 4.69) is 18.4 Å². The Kier molecular flexibility index (Phi) is 3.28. The maximum atomic E-state index is 13.6. The third-order valence-electron chi connectivity index (χ3n) is 4.78. The van der Waals surface area contributed by atoms with Gasteiger partial charge in [0.15, 0.2) is 0 Å². The Labute approximate surface area is 119 Å². The predicted octanol–water partition coefficient (Wildman–Crippen LogP) is 3.53. The fourth-order valence-corrected chi connectivity index (χ4v) is 3.09. The van der Waals surface area contributed by atoms with E-state index < -0.39 is 0 Å². The highest BCUT2D eigenvalue weighted by atomic mass is 19.1. The number of imidazole rings is 1. The Morgan fingerprint density at radius 1 is 1.35 bits per heavy atom. The van der Waals surface area contributed by atoms with E-state index in [4.69, 9.17) is 10.7 Å². The van der Waals surface area contributed by atoms with E-state index in [0.29, 0.717) is 12.6 Å². The van der Waals surface area contributed by atoms with Crippen molar-refractivity contribution in [3.05, 3.63) is 29.8 Å². The van der Waals surface area contributed by atoms with Gasteiger partial charge >= 0.3 is 0 Å².